The van der Waals surface area contributed by atoms with Crippen LogP contribution in [-0.2, 0) is 4.79 Å². The van der Waals surface area contributed by atoms with Crippen LogP contribution in [-0.4, -0.2) is 24.2 Å². The average Bonchev–Trinajstić information content (AvgIpc) is 2.19. The number of amides is 1. The first-order valence-corrected chi connectivity index (χ1v) is 5.65. The fourth-order valence-electron chi connectivity index (χ4n) is 2.10. The molecule has 0 aromatic heterocycles. The summed E-state index contributed by atoms with van der Waals surface area (Å²) in [6.07, 6.45) is 5.32. The third-order valence-corrected chi connectivity index (χ3v) is 3.09. The predicted molar refractivity (Wildman–Crippen MR) is 55.8 cm³/mol. The molecular weight excluding hydrogens is 178 g/mol. The van der Waals surface area contributed by atoms with Crippen LogP contribution in [0.5, 0.6) is 0 Å². The van der Waals surface area contributed by atoms with Crippen LogP contribution in [0.15, 0.2) is 0 Å². The van der Waals surface area contributed by atoms with Crippen LogP contribution >= 0.6 is 0 Å². The molecule has 1 rings (SSSR count). The summed E-state index contributed by atoms with van der Waals surface area (Å²) in [5.41, 5.74) is 0. The predicted octanol–water partition coefficient (Wildman–Crippen LogP) is 1.31. The first-order chi connectivity index (χ1) is 6.77. The van der Waals surface area contributed by atoms with E-state index in [4.69, 9.17) is 5.11 Å². The number of hydrogen-bond acceptors (Lipinski definition) is 2. The molecule has 0 bridgehead atoms. The van der Waals surface area contributed by atoms with Gasteiger partial charge < -0.3 is 10.4 Å². The first kappa shape index (κ1) is 11.5. The largest absolute Gasteiger partial charge is 0.396 e. The highest BCUT2D eigenvalue weighted by Gasteiger charge is 2.27. The highest BCUT2D eigenvalue weighted by atomic mass is 16.3. The van der Waals surface area contributed by atoms with Gasteiger partial charge in [0.15, 0.2) is 0 Å². The van der Waals surface area contributed by atoms with Crippen molar-refractivity contribution in [3.05, 3.63) is 0 Å². The lowest BCUT2D eigenvalue weighted by Gasteiger charge is -2.30. The first-order valence-electron chi connectivity index (χ1n) is 5.65. The summed E-state index contributed by atoms with van der Waals surface area (Å²) in [6.45, 7) is 3.04. The van der Waals surface area contributed by atoms with Crippen LogP contribution in [0, 0.1) is 11.8 Å². The number of rotatable bonds is 5. The van der Waals surface area contributed by atoms with Crippen molar-refractivity contribution in [2.45, 2.75) is 39.0 Å². The van der Waals surface area contributed by atoms with Crippen LogP contribution in [0.3, 0.4) is 0 Å². The van der Waals surface area contributed by atoms with Crippen molar-refractivity contribution in [3.8, 4) is 0 Å². The second kappa shape index (κ2) is 6.02. The molecule has 1 heterocycles. The normalized spacial score (nSPS) is 27.4. The Morgan fingerprint density at radius 3 is 2.86 bits per heavy atom. The van der Waals surface area contributed by atoms with Gasteiger partial charge in [0.25, 0.3) is 0 Å². The summed E-state index contributed by atoms with van der Waals surface area (Å²) in [5.74, 6) is 0.834. The molecule has 0 aromatic carbocycles. The van der Waals surface area contributed by atoms with E-state index in [0.717, 1.165) is 6.42 Å². The number of nitrogens with one attached hydrogen (secondary N) is 1. The SMILES string of the molecule is CCCCC[C@H]1CC(=O)NC[C@@H]1CO. The third-order valence-electron chi connectivity index (χ3n) is 3.09. The van der Waals surface area contributed by atoms with E-state index >= 15 is 0 Å². The van der Waals surface area contributed by atoms with Crippen LogP contribution in [0.2, 0.25) is 0 Å². The van der Waals surface area contributed by atoms with E-state index in [1.165, 1.54) is 19.3 Å². The van der Waals surface area contributed by atoms with Crippen LogP contribution < -0.4 is 5.32 Å². The standard InChI is InChI=1S/C11H21NO2/c1-2-3-4-5-9-6-11(14)12-7-10(9)8-13/h9-10,13H,2-8H2,1H3,(H,12,14)/t9-,10+/m0/s1. The molecule has 0 saturated carbocycles. The Labute approximate surface area is 85.9 Å². The molecule has 2 atom stereocenters. The Morgan fingerprint density at radius 2 is 2.21 bits per heavy atom. The number of aliphatic hydroxyl groups is 1. The average molecular weight is 199 g/mol. The van der Waals surface area contributed by atoms with Crippen molar-refractivity contribution in [1.82, 2.24) is 5.32 Å². The Bertz CT molecular complexity index is 182. The van der Waals surface area contributed by atoms with Crippen molar-refractivity contribution in [2.24, 2.45) is 11.8 Å². The molecule has 1 amide bonds. The van der Waals surface area contributed by atoms with Crippen molar-refractivity contribution in [1.29, 1.82) is 0 Å². The monoisotopic (exact) mass is 199 g/mol. The van der Waals surface area contributed by atoms with Gasteiger partial charge in [-0.1, -0.05) is 26.2 Å². The minimum absolute atomic E-state index is 0.149. The molecule has 0 radical (unpaired) electrons. The fourth-order valence-corrected chi connectivity index (χ4v) is 2.10. The number of piperidine rings is 1. The summed E-state index contributed by atoms with van der Waals surface area (Å²) in [6, 6.07) is 0. The molecule has 0 spiro atoms. The number of aliphatic hydroxyl groups excluding tert-OH is 1. The second-order valence-corrected chi connectivity index (χ2v) is 4.21. The molecule has 0 aliphatic carbocycles. The maximum atomic E-state index is 11.2. The number of hydrogen-bond donors (Lipinski definition) is 2. The summed E-state index contributed by atoms with van der Waals surface area (Å²) in [5, 5.41) is 12.0. The van der Waals surface area contributed by atoms with E-state index in [9.17, 15) is 4.79 Å². The van der Waals surface area contributed by atoms with Gasteiger partial charge in [0.2, 0.25) is 5.91 Å². The molecule has 0 aromatic rings. The van der Waals surface area contributed by atoms with E-state index in [1.807, 2.05) is 0 Å². The lowest BCUT2D eigenvalue weighted by Crippen LogP contribution is -2.42. The van der Waals surface area contributed by atoms with Gasteiger partial charge in [0.1, 0.15) is 0 Å². The van der Waals surface area contributed by atoms with Gasteiger partial charge in [0.05, 0.1) is 0 Å². The lowest BCUT2D eigenvalue weighted by atomic mass is 9.83. The fraction of sp³-hybridized carbons (Fsp3) is 0.909. The Balaban J connectivity index is 2.32. The highest BCUT2D eigenvalue weighted by molar-refractivity contribution is 5.77. The molecule has 1 aliphatic rings. The molecule has 3 heteroatoms. The van der Waals surface area contributed by atoms with Gasteiger partial charge in [-0.2, -0.15) is 0 Å². The molecule has 1 saturated heterocycles. The van der Waals surface area contributed by atoms with Gasteiger partial charge in [-0.3, -0.25) is 4.79 Å². The van der Waals surface area contributed by atoms with Crippen molar-refractivity contribution in [3.63, 3.8) is 0 Å². The zero-order chi connectivity index (χ0) is 10.4. The highest BCUT2D eigenvalue weighted by Crippen LogP contribution is 2.25. The Morgan fingerprint density at radius 1 is 1.43 bits per heavy atom. The molecule has 3 nitrogen and oxygen atoms in total. The smallest absolute Gasteiger partial charge is 0.220 e. The minimum Gasteiger partial charge on any atom is -0.396 e. The summed E-state index contributed by atoms with van der Waals surface area (Å²) in [7, 11) is 0. The zero-order valence-electron chi connectivity index (χ0n) is 8.96. The van der Waals surface area contributed by atoms with Crippen LogP contribution in [0.1, 0.15) is 39.0 Å². The maximum absolute atomic E-state index is 11.2. The molecule has 14 heavy (non-hydrogen) atoms. The quantitative estimate of drug-likeness (QED) is 0.656. The molecule has 1 fully saturated rings. The van der Waals surface area contributed by atoms with Crippen LogP contribution in [0.4, 0.5) is 0 Å². The summed E-state index contributed by atoms with van der Waals surface area (Å²) in [4.78, 5) is 11.2. The van der Waals surface area contributed by atoms with E-state index in [-0.39, 0.29) is 18.4 Å². The topological polar surface area (TPSA) is 49.3 Å². The van der Waals surface area contributed by atoms with Gasteiger partial charge in [0, 0.05) is 25.5 Å². The van der Waals surface area contributed by atoms with Gasteiger partial charge in [-0.05, 0) is 12.3 Å². The maximum Gasteiger partial charge on any atom is 0.220 e. The zero-order valence-corrected chi connectivity index (χ0v) is 8.96. The van der Waals surface area contributed by atoms with Crippen molar-refractivity contribution in [2.75, 3.05) is 13.2 Å². The molecule has 82 valence electrons. The summed E-state index contributed by atoms with van der Waals surface area (Å²) < 4.78 is 0. The number of unbranched alkanes of at least 4 members (excludes halogenated alkanes) is 2. The van der Waals surface area contributed by atoms with E-state index in [2.05, 4.69) is 12.2 Å². The van der Waals surface area contributed by atoms with Gasteiger partial charge >= 0.3 is 0 Å². The van der Waals surface area contributed by atoms with Gasteiger partial charge in [-0.15, -0.1) is 0 Å². The summed E-state index contributed by atoms with van der Waals surface area (Å²) >= 11 is 0. The number of carbonyl (C=O) groups is 1. The Kier molecular flexibility index (Phi) is 4.94. The molecule has 2 N–H and O–H groups in total. The molecule has 1 aliphatic heterocycles. The molecule has 0 unspecified atom stereocenters. The van der Waals surface area contributed by atoms with E-state index in [1.54, 1.807) is 0 Å². The minimum atomic E-state index is 0.149. The van der Waals surface area contributed by atoms with Crippen molar-refractivity contribution >= 4 is 5.91 Å². The van der Waals surface area contributed by atoms with E-state index in [0.29, 0.717) is 18.9 Å². The molecular formula is C11H21NO2. The lowest BCUT2D eigenvalue weighted by molar-refractivity contribution is -0.125. The number of carbonyl (C=O) groups excluding carboxylic acids is 1. The third kappa shape index (κ3) is 3.29. The Hall–Kier alpha value is -0.570. The van der Waals surface area contributed by atoms with E-state index < -0.39 is 0 Å². The van der Waals surface area contributed by atoms with Gasteiger partial charge in [-0.25, -0.2) is 0 Å². The second-order valence-electron chi connectivity index (χ2n) is 4.21. The van der Waals surface area contributed by atoms with Crippen molar-refractivity contribution < 1.29 is 9.90 Å². The van der Waals surface area contributed by atoms with Crippen LogP contribution in [0.25, 0.3) is 0 Å².